The number of carboxylic acid groups (broad SMARTS) is 1. The van der Waals surface area contributed by atoms with Gasteiger partial charge in [-0.2, -0.15) is 0 Å². The molecule has 1 heterocycles. The molecule has 0 spiro atoms. The monoisotopic (exact) mass is 293 g/mol. The van der Waals surface area contributed by atoms with Gasteiger partial charge in [-0.3, -0.25) is 4.79 Å². The van der Waals surface area contributed by atoms with Gasteiger partial charge in [0, 0.05) is 6.61 Å². The molecule has 1 atom stereocenters. The molecule has 1 unspecified atom stereocenters. The van der Waals surface area contributed by atoms with Gasteiger partial charge in [-0.25, -0.2) is 4.79 Å². The van der Waals surface area contributed by atoms with Crippen molar-refractivity contribution < 1.29 is 24.2 Å². The molecule has 1 amide bonds. The Morgan fingerprint density at radius 1 is 1.38 bits per heavy atom. The van der Waals surface area contributed by atoms with Gasteiger partial charge in [-0.15, -0.1) is 0 Å². The summed E-state index contributed by atoms with van der Waals surface area (Å²) in [5.74, 6) is -0.640. The van der Waals surface area contributed by atoms with Crippen molar-refractivity contribution in [3.8, 4) is 5.75 Å². The number of carbonyl (C=O) groups is 2. The van der Waals surface area contributed by atoms with Crippen LogP contribution in [0.4, 0.5) is 0 Å². The molecule has 1 aromatic carbocycles. The first-order valence-electron chi connectivity index (χ1n) is 7.02. The molecule has 0 saturated carbocycles. The minimum absolute atomic E-state index is 0.113. The number of hydrogen-bond donors (Lipinski definition) is 2. The molecule has 21 heavy (non-hydrogen) atoms. The van der Waals surface area contributed by atoms with E-state index in [4.69, 9.17) is 14.6 Å². The Labute approximate surface area is 123 Å². The number of benzene rings is 1. The van der Waals surface area contributed by atoms with E-state index in [9.17, 15) is 9.59 Å². The fourth-order valence-corrected chi connectivity index (χ4v) is 2.12. The molecule has 6 heteroatoms. The summed E-state index contributed by atoms with van der Waals surface area (Å²) >= 11 is 0. The molecule has 1 fully saturated rings. The lowest BCUT2D eigenvalue weighted by molar-refractivity contribution is -0.135. The van der Waals surface area contributed by atoms with Crippen molar-refractivity contribution in [1.82, 2.24) is 5.32 Å². The topological polar surface area (TPSA) is 84.9 Å². The maximum atomic E-state index is 11.8. The molecular weight excluding hydrogens is 274 g/mol. The fraction of sp³-hybridized carbons (Fsp3) is 0.467. The van der Waals surface area contributed by atoms with Crippen LogP contribution in [0, 0.1) is 0 Å². The van der Waals surface area contributed by atoms with Crippen LogP contribution in [-0.2, 0) is 9.53 Å². The van der Waals surface area contributed by atoms with Gasteiger partial charge in [-0.05, 0) is 37.5 Å². The zero-order valence-corrected chi connectivity index (χ0v) is 11.7. The van der Waals surface area contributed by atoms with Crippen molar-refractivity contribution in [3.63, 3.8) is 0 Å². The molecule has 0 radical (unpaired) electrons. The Kier molecular flexibility index (Phi) is 5.57. The number of ether oxygens (including phenoxy) is 2. The standard InChI is InChI=1S/C15H19NO5/c17-14(13-6-1-2-8-21-13)16-7-9-20-12-5-3-4-11(10-12)15(18)19/h3-5,10,13H,1-2,6-9H2,(H,16,17)(H,18,19). The third-order valence-electron chi connectivity index (χ3n) is 3.22. The lowest BCUT2D eigenvalue weighted by atomic mass is 10.1. The van der Waals surface area contributed by atoms with E-state index < -0.39 is 5.97 Å². The zero-order chi connectivity index (χ0) is 15.1. The van der Waals surface area contributed by atoms with E-state index in [1.165, 1.54) is 12.1 Å². The highest BCUT2D eigenvalue weighted by Crippen LogP contribution is 2.14. The first-order valence-corrected chi connectivity index (χ1v) is 7.02. The predicted molar refractivity (Wildman–Crippen MR) is 75.5 cm³/mol. The third-order valence-corrected chi connectivity index (χ3v) is 3.22. The van der Waals surface area contributed by atoms with Crippen LogP contribution < -0.4 is 10.1 Å². The summed E-state index contributed by atoms with van der Waals surface area (Å²) in [5, 5.41) is 11.6. The first-order chi connectivity index (χ1) is 10.2. The van der Waals surface area contributed by atoms with Crippen LogP contribution in [0.2, 0.25) is 0 Å². The van der Waals surface area contributed by atoms with Crippen LogP contribution in [0.1, 0.15) is 29.6 Å². The van der Waals surface area contributed by atoms with Crippen molar-refractivity contribution in [3.05, 3.63) is 29.8 Å². The van der Waals surface area contributed by atoms with E-state index in [-0.39, 0.29) is 24.2 Å². The zero-order valence-electron chi connectivity index (χ0n) is 11.7. The second-order valence-corrected chi connectivity index (χ2v) is 4.83. The van der Waals surface area contributed by atoms with Crippen LogP contribution in [0.5, 0.6) is 5.75 Å². The maximum Gasteiger partial charge on any atom is 0.335 e. The number of hydrogen-bond acceptors (Lipinski definition) is 4. The number of rotatable bonds is 6. The molecule has 1 aliphatic rings. The summed E-state index contributed by atoms with van der Waals surface area (Å²) in [7, 11) is 0. The summed E-state index contributed by atoms with van der Waals surface area (Å²) < 4.78 is 10.8. The molecule has 0 aromatic heterocycles. The lowest BCUT2D eigenvalue weighted by Crippen LogP contribution is -2.40. The lowest BCUT2D eigenvalue weighted by Gasteiger charge is -2.21. The summed E-state index contributed by atoms with van der Waals surface area (Å²) in [6, 6.07) is 6.25. The van der Waals surface area contributed by atoms with Crippen molar-refractivity contribution in [1.29, 1.82) is 0 Å². The Bertz CT molecular complexity index is 497. The van der Waals surface area contributed by atoms with Crippen molar-refractivity contribution >= 4 is 11.9 Å². The normalized spacial score (nSPS) is 18.0. The number of carboxylic acids is 1. The quantitative estimate of drug-likeness (QED) is 0.775. The summed E-state index contributed by atoms with van der Waals surface area (Å²) in [6.07, 6.45) is 2.42. The van der Waals surface area contributed by atoms with E-state index in [2.05, 4.69) is 5.32 Å². The Hall–Kier alpha value is -2.08. The Balaban J connectivity index is 1.70. The molecule has 2 N–H and O–H groups in total. The highest BCUT2D eigenvalue weighted by molar-refractivity contribution is 5.88. The van der Waals surface area contributed by atoms with E-state index in [1.807, 2.05) is 0 Å². The molecule has 0 aliphatic carbocycles. The van der Waals surface area contributed by atoms with Gasteiger partial charge in [0.1, 0.15) is 18.5 Å². The SMILES string of the molecule is O=C(O)c1cccc(OCCNC(=O)C2CCCCO2)c1. The van der Waals surface area contributed by atoms with E-state index in [0.717, 1.165) is 19.3 Å². The predicted octanol–water partition coefficient (Wildman–Crippen LogP) is 1.45. The maximum absolute atomic E-state index is 11.8. The van der Waals surface area contributed by atoms with Gasteiger partial charge in [0.15, 0.2) is 0 Å². The van der Waals surface area contributed by atoms with Crippen molar-refractivity contribution in [2.24, 2.45) is 0 Å². The first kappa shape index (κ1) is 15.3. The third kappa shape index (κ3) is 4.75. The van der Waals surface area contributed by atoms with Crippen LogP contribution in [0.15, 0.2) is 24.3 Å². The van der Waals surface area contributed by atoms with Gasteiger partial charge in [0.25, 0.3) is 0 Å². The van der Waals surface area contributed by atoms with Gasteiger partial charge < -0.3 is 19.9 Å². The van der Waals surface area contributed by atoms with Crippen LogP contribution in [0.25, 0.3) is 0 Å². The van der Waals surface area contributed by atoms with Crippen molar-refractivity contribution in [2.75, 3.05) is 19.8 Å². The molecule has 2 rings (SSSR count). The van der Waals surface area contributed by atoms with Crippen LogP contribution >= 0.6 is 0 Å². The number of amides is 1. The largest absolute Gasteiger partial charge is 0.492 e. The van der Waals surface area contributed by atoms with Gasteiger partial charge in [0.2, 0.25) is 5.91 Å². The molecule has 1 aliphatic heterocycles. The summed E-state index contributed by atoms with van der Waals surface area (Å²) in [4.78, 5) is 22.6. The number of nitrogens with one attached hydrogen (secondary N) is 1. The molecule has 114 valence electrons. The summed E-state index contributed by atoms with van der Waals surface area (Å²) in [5.41, 5.74) is 0.173. The molecule has 0 bridgehead atoms. The average Bonchev–Trinajstić information content (AvgIpc) is 2.52. The smallest absolute Gasteiger partial charge is 0.335 e. The van der Waals surface area contributed by atoms with Crippen molar-refractivity contribution in [2.45, 2.75) is 25.4 Å². The fourth-order valence-electron chi connectivity index (χ4n) is 2.12. The molecule has 1 aromatic rings. The van der Waals surface area contributed by atoms with Gasteiger partial charge in [0.05, 0.1) is 12.1 Å². The van der Waals surface area contributed by atoms with E-state index >= 15 is 0 Å². The van der Waals surface area contributed by atoms with E-state index in [0.29, 0.717) is 18.9 Å². The average molecular weight is 293 g/mol. The number of carbonyl (C=O) groups excluding carboxylic acids is 1. The minimum atomic E-state index is -0.997. The Morgan fingerprint density at radius 3 is 2.95 bits per heavy atom. The van der Waals surface area contributed by atoms with Crippen LogP contribution in [-0.4, -0.2) is 42.8 Å². The van der Waals surface area contributed by atoms with Crippen LogP contribution in [0.3, 0.4) is 0 Å². The second kappa shape index (κ2) is 7.64. The minimum Gasteiger partial charge on any atom is -0.492 e. The molecule has 6 nitrogen and oxygen atoms in total. The van der Waals surface area contributed by atoms with Gasteiger partial charge >= 0.3 is 5.97 Å². The van der Waals surface area contributed by atoms with Gasteiger partial charge in [-0.1, -0.05) is 6.07 Å². The number of aromatic carboxylic acids is 1. The molecular formula is C15H19NO5. The van der Waals surface area contributed by atoms with E-state index in [1.54, 1.807) is 12.1 Å². The Morgan fingerprint density at radius 2 is 2.24 bits per heavy atom. The highest BCUT2D eigenvalue weighted by Gasteiger charge is 2.21. The highest BCUT2D eigenvalue weighted by atomic mass is 16.5. The second-order valence-electron chi connectivity index (χ2n) is 4.83. The summed E-state index contributed by atoms with van der Waals surface area (Å²) in [6.45, 7) is 1.27. The molecule has 1 saturated heterocycles.